The largest absolute Gasteiger partial charge is 0.324 e. The van der Waals surface area contributed by atoms with Crippen LogP contribution in [-0.2, 0) is 0 Å². The Hall–Kier alpha value is -2.90. The summed E-state index contributed by atoms with van der Waals surface area (Å²) in [5.41, 5.74) is 2.75. The first kappa shape index (κ1) is 16.6. The van der Waals surface area contributed by atoms with Gasteiger partial charge in [-0.15, -0.1) is 0 Å². The number of rotatable bonds is 5. The van der Waals surface area contributed by atoms with Gasteiger partial charge in [0.2, 0.25) is 0 Å². The lowest BCUT2D eigenvalue weighted by Gasteiger charge is -2.27. The number of hydrogen-bond donors (Lipinski definition) is 1. The fraction of sp³-hybridized carbons (Fsp3) is 0.120. The summed E-state index contributed by atoms with van der Waals surface area (Å²) in [6.45, 7) is 4.89. The Morgan fingerprint density at radius 1 is 0.731 bits per heavy atom. The van der Waals surface area contributed by atoms with Gasteiger partial charge >= 0.3 is 0 Å². The number of hydrogen-bond acceptors (Lipinski definition) is 0. The van der Waals surface area contributed by atoms with Crippen LogP contribution >= 0.6 is 0 Å². The van der Waals surface area contributed by atoms with Crippen molar-refractivity contribution in [2.45, 2.75) is 6.04 Å². The van der Waals surface area contributed by atoms with Crippen LogP contribution in [0.4, 0.5) is 0 Å². The molecule has 4 rings (SSSR count). The first-order valence-electron chi connectivity index (χ1n) is 9.18. The van der Waals surface area contributed by atoms with Crippen molar-refractivity contribution in [3.8, 4) is 0 Å². The van der Waals surface area contributed by atoms with Gasteiger partial charge in [0.05, 0.1) is 13.6 Å². The highest BCUT2D eigenvalue weighted by atomic mass is 15.1. The van der Waals surface area contributed by atoms with Gasteiger partial charge in [-0.1, -0.05) is 91.5 Å². The Kier molecular flexibility index (Phi) is 4.55. The highest BCUT2D eigenvalue weighted by Crippen LogP contribution is 2.31. The molecule has 0 aromatic heterocycles. The van der Waals surface area contributed by atoms with Gasteiger partial charge in [0.15, 0.2) is 0 Å². The summed E-state index contributed by atoms with van der Waals surface area (Å²) in [6, 6.07) is 30.9. The molecule has 1 unspecified atom stereocenters. The summed E-state index contributed by atoms with van der Waals surface area (Å²) in [4.78, 5) is 1.42. The molecule has 1 heteroatoms. The van der Waals surface area contributed by atoms with Crippen molar-refractivity contribution in [3.05, 3.63) is 109 Å². The minimum Gasteiger partial charge on any atom is -0.324 e. The van der Waals surface area contributed by atoms with Gasteiger partial charge < -0.3 is 4.90 Å². The van der Waals surface area contributed by atoms with E-state index in [0.717, 1.165) is 6.54 Å². The third-order valence-electron chi connectivity index (χ3n) is 5.23. The highest BCUT2D eigenvalue weighted by molar-refractivity contribution is 5.89. The van der Waals surface area contributed by atoms with Crippen LogP contribution in [0.25, 0.3) is 21.5 Å². The molecule has 0 heterocycles. The quantitative estimate of drug-likeness (QED) is 0.499. The number of fused-ring (bicyclic) bond motifs is 2. The summed E-state index contributed by atoms with van der Waals surface area (Å²) in [6.07, 6.45) is 2.01. The van der Waals surface area contributed by atoms with Crippen LogP contribution < -0.4 is 4.90 Å². The molecule has 4 aromatic rings. The zero-order valence-electron chi connectivity index (χ0n) is 15.2. The molecule has 0 radical (unpaired) electrons. The number of benzene rings is 4. The van der Waals surface area contributed by atoms with E-state index in [1.165, 1.54) is 37.6 Å². The predicted molar refractivity (Wildman–Crippen MR) is 112 cm³/mol. The third-order valence-corrected chi connectivity index (χ3v) is 5.23. The van der Waals surface area contributed by atoms with Crippen LogP contribution in [0.3, 0.4) is 0 Å². The van der Waals surface area contributed by atoms with Gasteiger partial charge in [-0.2, -0.15) is 0 Å². The summed E-state index contributed by atoms with van der Waals surface area (Å²) >= 11 is 0. The predicted octanol–water partition coefficient (Wildman–Crippen LogP) is 4.78. The highest BCUT2D eigenvalue weighted by Gasteiger charge is 2.25. The SMILES string of the molecule is C=CC[NH+](C)C(c1cccc2ccccc12)c1cccc2ccccc12. The number of likely N-dealkylation sites (N-methyl/N-ethyl adjacent to an activating group) is 1. The van der Waals surface area contributed by atoms with Crippen LogP contribution in [0.2, 0.25) is 0 Å². The average molecular weight is 338 g/mol. The minimum absolute atomic E-state index is 0.255. The molecule has 26 heavy (non-hydrogen) atoms. The first-order chi connectivity index (χ1) is 12.8. The van der Waals surface area contributed by atoms with Crippen molar-refractivity contribution in [1.29, 1.82) is 0 Å². The van der Waals surface area contributed by atoms with Gasteiger partial charge in [-0.3, -0.25) is 0 Å². The molecule has 0 aliphatic heterocycles. The normalized spacial score (nSPS) is 12.5. The smallest absolute Gasteiger partial charge is 0.140 e. The first-order valence-corrected chi connectivity index (χ1v) is 9.18. The molecule has 0 bridgehead atoms. The van der Waals surface area contributed by atoms with E-state index in [1.807, 2.05) is 6.08 Å². The molecule has 0 saturated carbocycles. The van der Waals surface area contributed by atoms with Gasteiger partial charge in [0.25, 0.3) is 0 Å². The summed E-state index contributed by atoms with van der Waals surface area (Å²) < 4.78 is 0. The molecule has 0 amide bonds. The Balaban J connectivity index is 2.00. The standard InChI is InChI=1S/C25H23N/c1-3-18-26(2)25(23-16-8-12-19-10-4-6-14-21(19)23)24-17-9-13-20-11-5-7-15-22(20)24/h3-17,25H,1,18H2,2H3/p+1. The fourth-order valence-electron chi connectivity index (χ4n) is 4.05. The monoisotopic (exact) mass is 338 g/mol. The summed E-state index contributed by atoms with van der Waals surface area (Å²) in [5, 5.41) is 5.25. The van der Waals surface area contributed by atoms with Gasteiger partial charge in [0.1, 0.15) is 6.04 Å². The van der Waals surface area contributed by atoms with Crippen LogP contribution in [0.15, 0.2) is 97.6 Å². The van der Waals surface area contributed by atoms with E-state index >= 15 is 0 Å². The molecular weight excluding hydrogens is 314 g/mol. The maximum atomic E-state index is 3.97. The molecule has 4 aromatic carbocycles. The lowest BCUT2D eigenvalue weighted by Crippen LogP contribution is -3.09. The molecule has 1 atom stereocenters. The molecule has 1 N–H and O–H groups in total. The maximum absolute atomic E-state index is 3.97. The van der Waals surface area contributed by atoms with Crippen molar-refractivity contribution in [2.75, 3.05) is 13.6 Å². The summed E-state index contributed by atoms with van der Waals surface area (Å²) in [5.74, 6) is 0. The average Bonchev–Trinajstić information content (AvgIpc) is 2.69. The number of nitrogens with one attached hydrogen (secondary N) is 1. The molecule has 128 valence electrons. The van der Waals surface area contributed by atoms with E-state index in [1.54, 1.807) is 0 Å². The molecule has 0 aliphatic rings. The lowest BCUT2D eigenvalue weighted by atomic mass is 9.89. The second kappa shape index (κ2) is 7.15. The molecular formula is C25H24N+. The van der Waals surface area contributed by atoms with E-state index in [4.69, 9.17) is 0 Å². The number of quaternary nitrogens is 1. The van der Waals surface area contributed by atoms with Crippen LogP contribution in [-0.4, -0.2) is 13.6 Å². The molecule has 0 saturated heterocycles. The zero-order valence-corrected chi connectivity index (χ0v) is 15.2. The maximum Gasteiger partial charge on any atom is 0.140 e. The molecule has 1 nitrogen and oxygen atoms in total. The van der Waals surface area contributed by atoms with E-state index in [0.29, 0.717) is 0 Å². The van der Waals surface area contributed by atoms with Crippen molar-refractivity contribution >= 4 is 21.5 Å². The van der Waals surface area contributed by atoms with E-state index < -0.39 is 0 Å². The second-order valence-corrected chi connectivity index (χ2v) is 6.91. The molecule has 0 spiro atoms. The topological polar surface area (TPSA) is 4.44 Å². The van der Waals surface area contributed by atoms with Crippen LogP contribution in [0.5, 0.6) is 0 Å². The van der Waals surface area contributed by atoms with Crippen LogP contribution in [0, 0.1) is 0 Å². The molecule has 0 fully saturated rings. The van der Waals surface area contributed by atoms with E-state index in [2.05, 4.69) is 98.6 Å². The van der Waals surface area contributed by atoms with Gasteiger partial charge in [0, 0.05) is 11.1 Å². The Labute approximate surface area is 155 Å². The van der Waals surface area contributed by atoms with Crippen molar-refractivity contribution in [3.63, 3.8) is 0 Å². The van der Waals surface area contributed by atoms with Gasteiger partial charge in [-0.25, -0.2) is 0 Å². The third kappa shape index (κ3) is 2.91. The minimum atomic E-state index is 0.255. The second-order valence-electron chi connectivity index (χ2n) is 6.91. The van der Waals surface area contributed by atoms with E-state index in [9.17, 15) is 0 Å². The van der Waals surface area contributed by atoms with Crippen molar-refractivity contribution in [1.82, 2.24) is 0 Å². The Morgan fingerprint density at radius 2 is 1.19 bits per heavy atom. The summed E-state index contributed by atoms with van der Waals surface area (Å²) in [7, 11) is 2.26. The van der Waals surface area contributed by atoms with Crippen LogP contribution in [0.1, 0.15) is 17.2 Å². The fourth-order valence-corrected chi connectivity index (χ4v) is 4.05. The molecule has 0 aliphatic carbocycles. The zero-order chi connectivity index (χ0) is 17.9. The van der Waals surface area contributed by atoms with E-state index in [-0.39, 0.29) is 6.04 Å². The van der Waals surface area contributed by atoms with Crippen molar-refractivity contribution in [2.24, 2.45) is 0 Å². The Morgan fingerprint density at radius 3 is 1.69 bits per heavy atom. The Bertz CT molecular complexity index is 974. The lowest BCUT2D eigenvalue weighted by molar-refractivity contribution is -0.899. The van der Waals surface area contributed by atoms with Gasteiger partial charge in [-0.05, 0) is 27.6 Å². The van der Waals surface area contributed by atoms with Crippen molar-refractivity contribution < 1.29 is 4.90 Å².